The maximum Gasteiger partial charge on any atom is 0.411 e. The van der Waals surface area contributed by atoms with Crippen LogP contribution in [-0.2, 0) is 11.2 Å². The van der Waals surface area contributed by atoms with Gasteiger partial charge in [-0.25, -0.2) is 4.98 Å². The van der Waals surface area contributed by atoms with Crippen LogP contribution in [0.2, 0.25) is 0 Å². The Balaban J connectivity index is 1.94. The van der Waals surface area contributed by atoms with Crippen molar-refractivity contribution < 1.29 is 22.6 Å². The highest BCUT2D eigenvalue weighted by Crippen LogP contribution is 2.16. The molecule has 0 saturated carbocycles. The summed E-state index contributed by atoms with van der Waals surface area (Å²) in [6.45, 7) is 1.04. The highest BCUT2D eigenvalue weighted by molar-refractivity contribution is 5.71. The van der Waals surface area contributed by atoms with E-state index in [1.54, 1.807) is 12.1 Å². The van der Waals surface area contributed by atoms with Crippen LogP contribution in [0.3, 0.4) is 0 Å². The zero-order valence-corrected chi connectivity index (χ0v) is 10.8. The van der Waals surface area contributed by atoms with E-state index in [1.165, 1.54) is 0 Å². The lowest BCUT2D eigenvalue weighted by Gasteiger charge is -2.06. The fourth-order valence-corrected chi connectivity index (χ4v) is 1.63. The van der Waals surface area contributed by atoms with E-state index in [2.05, 4.69) is 19.7 Å². The molecule has 0 saturated heterocycles. The number of imidazole rings is 1. The van der Waals surface area contributed by atoms with Crippen molar-refractivity contribution in [1.82, 2.24) is 15.0 Å². The lowest BCUT2D eigenvalue weighted by molar-refractivity contribution is -0.173. The first-order valence-corrected chi connectivity index (χ1v) is 6.11. The molecule has 0 aliphatic heterocycles. The van der Waals surface area contributed by atoms with E-state index in [4.69, 9.17) is 4.74 Å². The van der Waals surface area contributed by atoms with Gasteiger partial charge in [-0.2, -0.15) is 18.2 Å². The first-order chi connectivity index (χ1) is 9.48. The third-order valence-electron chi connectivity index (χ3n) is 2.41. The highest BCUT2D eigenvalue weighted by atomic mass is 19.4. The standard InChI is InChI=1S/C12H14F3N3O2/c1-2-20-10-4-3-8-11(18-10)17-9(16-8)5-6-19-7-12(13,14)15/h3-4H,2,5-7H2,1H3,(H,16,17,18). The summed E-state index contributed by atoms with van der Waals surface area (Å²) in [4.78, 5) is 11.3. The maximum atomic E-state index is 11.9. The Morgan fingerprint density at radius 3 is 2.75 bits per heavy atom. The number of ether oxygens (including phenoxy) is 2. The molecule has 0 bridgehead atoms. The third kappa shape index (κ3) is 4.09. The van der Waals surface area contributed by atoms with Crippen LogP contribution in [0.5, 0.6) is 5.88 Å². The number of aromatic nitrogens is 3. The minimum Gasteiger partial charge on any atom is -0.478 e. The third-order valence-corrected chi connectivity index (χ3v) is 2.41. The van der Waals surface area contributed by atoms with Crippen LogP contribution in [0.1, 0.15) is 12.7 Å². The molecular weight excluding hydrogens is 275 g/mol. The Hall–Kier alpha value is -1.83. The van der Waals surface area contributed by atoms with Crippen molar-refractivity contribution >= 4 is 11.2 Å². The minimum atomic E-state index is -4.30. The van der Waals surface area contributed by atoms with Gasteiger partial charge >= 0.3 is 6.18 Å². The highest BCUT2D eigenvalue weighted by Gasteiger charge is 2.27. The topological polar surface area (TPSA) is 60.0 Å². The normalized spacial score (nSPS) is 12.0. The van der Waals surface area contributed by atoms with Crippen molar-refractivity contribution in [1.29, 1.82) is 0 Å². The first kappa shape index (κ1) is 14.6. The number of rotatable bonds is 6. The molecule has 0 unspecified atom stereocenters. The molecule has 0 atom stereocenters. The maximum absolute atomic E-state index is 11.9. The number of aromatic amines is 1. The first-order valence-electron chi connectivity index (χ1n) is 6.11. The summed E-state index contributed by atoms with van der Waals surface area (Å²) in [5, 5.41) is 0. The molecule has 0 radical (unpaired) electrons. The summed E-state index contributed by atoms with van der Waals surface area (Å²) >= 11 is 0. The van der Waals surface area contributed by atoms with Gasteiger partial charge in [0.1, 0.15) is 12.4 Å². The van der Waals surface area contributed by atoms with Crippen LogP contribution < -0.4 is 4.74 Å². The molecule has 0 aliphatic rings. The number of pyridine rings is 1. The second-order valence-electron chi connectivity index (χ2n) is 4.05. The molecule has 0 aliphatic carbocycles. The summed E-state index contributed by atoms with van der Waals surface area (Å²) in [7, 11) is 0. The van der Waals surface area contributed by atoms with E-state index in [-0.39, 0.29) is 13.0 Å². The number of nitrogens with zero attached hydrogens (tertiary/aromatic N) is 2. The van der Waals surface area contributed by atoms with Crippen molar-refractivity contribution in [2.24, 2.45) is 0 Å². The Bertz CT molecular complexity index is 569. The molecule has 2 aromatic heterocycles. The van der Waals surface area contributed by atoms with Crippen LogP contribution in [0.25, 0.3) is 11.2 Å². The Morgan fingerprint density at radius 1 is 1.25 bits per heavy atom. The van der Waals surface area contributed by atoms with Crippen molar-refractivity contribution in [3.63, 3.8) is 0 Å². The minimum absolute atomic E-state index is 0.0579. The molecule has 0 spiro atoms. The second-order valence-corrected chi connectivity index (χ2v) is 4.05. The summed E-state index contributed by atoms with van der Waals surface area (Å²) in [6, 6.07) is 3.47. The molecule has 8 heteroatoms. The number of halogens is 3. The summed E-state index contributed by atoms with van der Waals surface area (Å²) in [6.07, 6.45) is -4.04. The predicted octanol–water partition coefficient (Wildman–Crippen LogP) is 2.48. The Labute approximate surface area is 113 Å². The van der Waals surface area contributed by atoms with Crippen molar-refractivity contribution in [2.45, 2.75) is 19.5 Å². The summed E-state index contributed by atoms with van der Waals surface area (Å²) in [5.41, 5.74) is 1.18. The number of H-pyrrole nitrogens is 1. The van der Waals surface area contributed by atoms with Gasteiger partial charge in [0.15, 0.2) is 5.65 Å². The molecule has 5 nitrogen and oxygen atoms in total. The fourth-order valence-electron chi connectivity index (χ4n) is 1.63. The van der Waals surface area contributed by atoms with Gasteiger partial charge in [0.25, 0.3) is 0 Å². The van der Waals surface area contributed by atoms with Crippen LogP contribution in [0, 0.1) is 0 Å². The van der Waals surface area contributed by atoms with E-state index >= 15 is 0 Å². The zero-order valence-electron chi connectivity index (χ0n) is 10.8. The number of fused-ring (bicyclic) bond motifs is 1. The zero-order chi connectivity index (χ0) is 14.6. The summed E-state index contributed by atoms with van der Waals surface area (Å²) < 4.78 is 45.5. The number of alkyl halides is 3. The molecular formula is C12H14F3N3O2. The van der Waals surface area contributed by atoms with Gasteiger partial charge in [0, 0.05) is 12.5 Å². The van der Waals surface area contributed by atoms with E-state index in [0.29, 0.717) is 29.5 Å². The van der Waals surface area contributed by atoms with Crippen molar-refractivity contribution in [3.8, 4) is 5.88 Å². The van der Waals surface area contributed by atoms with E-state index in [1.807, 2.05) is 6.92 Å². The Morgan fingerprint density at radius 2 is 2.05 bits per heavy atom. The molecule has 110 valence electrons. The monoisotopic (exact) mass is 289 g/mol. The smallest absolute Gasteiger partial charge is 0.411 e. The van der Waals surface area contributed by atoms with Crippen LogP contribution >= 0.6 is 0 Å². The molecule has 0 fully saturated rings. The quantitative estimate of drug-likeness (QED) is 0.830. The van der Waals surface area contributed by atoms with Gasteiger partial charge in [-0.05, 0) is 13.0 Å². The van der Waals surface area contributed by atoms with Gasteiger partial charge in [-0.1, -0.05) is 0 Å². The predicted molar refractivity (Wildman–Crippen MR) is 65.6 cm³/mol. The number of nitrogens with one attached hydrogen (secondary N) is 1. The van der Waals surface area contributed by atoms with Crippen LogP contribution in [-0.4, -0.2) is 40.9 Å². The molecule has 0 amide bonds. The van der Waals surface area contributed by atoms with E-state index in [9.17, 15) is 13.2 Å². The molecule has 2 aromatic rings. The SMILES string of the molecule is CCOc1ccc2[nH]c(CCOCC(F)(F)F)nc2n1. The van der Waals surface area contributed by atoms with Gasteiger partial charge in [0.2, 0.25) is 5.88 Å². The molecule has 1 N–H and O–H groups in total. The van der Waals surface area contributed by atoms with Gasteiger partial charge in [-0.15, -0.1) is 0 Å². The average molecular weight is 289 g/mol. The number of hydrogen-bond donors (Lipinski definition) is 1. The second kappa shape index (κ2) is 6.08. The molecule has 2 rings (SSSR count). The van der Waals surface area contributed by atoms with Crippen molar-refractivity contribution in [3.05, 3.63) is 18.0 Å². The summed E-state index contributed by atoms with van der Waals surface area (Å²) in [5.74, 6) is 0.995. The van der Waals surface area contributed by atoms with E-state index < -0.39 is 12.8 Å². The fraction of sp³-hybridized carbons (Fsp3) is 0.500. The van der Waals surface area contributed by atoms with Crippen molar-refractivity contribution in [2.75, 3.05) is 19.8 Å². The van der Waals surface area contributed by atoms with Crippen LogP contribution in [0.15, 0.2) is 12.1 Å². The van der Waals surface area contributed by atoms with Crippen LogP contribution in [0.4, 0.5) is 13.2 Å². The molecule has 0 aromatic carbocycles. The lowest BCUT2D eigenvalue weighted by atomic mass is 10.4. The van der Waals surface area contributed by atoms with Gasteiger partial charge < -0.3 is 14.5 Å². The molecule has 2 heterocycles. The number of hydrogen-bond acceptors (Lipinski definition) is 4. The Kier molecular flexibility index (Phi) is 4.43. The van der Waals surface area contributed by atoms with Gasteiger partial charge in [0.05, 0.1) is 18.7 Å². The average Bonchev–Trinajstić information content (AvgIpc) is 2.76. The van der Waals surface area contributed by atoms with Gasteiger partial charge in [-0.3, -0.25) is 0 Å². The van der Waals surface area contributed by atoms with E-state index in [0.717, 1.165) is 0 Å². The molecule has 20 heavy (non-hydrogen) atoms. The largest absolute Gasteiger partial charge is 0.478 e. The lowest BCUT2D eigenvalue weighted by Crippen LogP contribution is -2.18.